The number of nitrogens with zero attached hydrogens (tertiary/aromatic N) is 4. The highest BCUT2D eigenvalue weighted by Crippen LogP contribution is 2.19. The molecule has 0 spiro atoms. The van der Waals surface area contributed by atoms with E-state index in [4.69, 9.17) is 5.73 Å². The number of carbonyl (C=O) groups excluding carboxylic acids is 3. The first kappa shape index (κ1) is 22.6. The van der Waals surface area contributed by atoms with Gasteiger partial charge >= 0.3 is 0 Å². The summed E-state index contributed by atoms with van der Waals surface area (Å²) >= 11 is 0. The minimum atomic E-state index is -0.592. The van der Waals surface area contributed by atoms with Gasteiger partial charge in [0.1, 0.15) is 5.56 Å². The molecule has 3 aromatic heterocycles. The van der Waals surface area contributed by atoms with Crippen LogP contribution < -0.4 is 16.4 Å². The molecule has 0 aliphatic heterocycles. The van der Waals surface area contributed by atoms with Crippen molar-refractivity contribution in [2.75, 3.05) is 10.6 Å². The van der Waals surface area contributed by atoms with Gasteiger partial charge in [-0.05, 0) is 56.2 Å². The number of aryl methyl sites for hydroxylation is 2. The molecule has 0 unspecified atom stereocenters. The maximum Gasteiger partial charge on any atom is 0.255 e. The van der Waals surface area contributed by atoms with Crippen molar-refractivity contribution in [3.05, 3.63) is 83.1 Å². The standard InChI is InChI=1S/C24H23N7O3/c1-14-19(15(2)31-23(28-14)20(13-27-31)22(25)33)6-7-21(32)29-18-5-3-4-16(12-18)24(34)30-17-8-10-26-11-9-17/h3-5,8-13H,6-7H2,1-2H3,(H2,25,33)(H,29,32)(H,26,30,34). The van der Waals surface area contributed by atoms with Gasteiger partial charge in [-0.3, -0.25) is 19.4 Å². The molecule has 0 atom stereocenters. The summed E-state index contributed by atoms with van der Waals surface area (Å²) in [5.74, 6) is -1.09. The predicted octanol–water partition coefficient (Wildman–Crippen LogP) is 2.66. The van der Waals surface area contributed by atoms with Gasteiger partial charge in [-0.2, -0.15) is 5.10 Å². The van der Waals surface area contributed by atoms with Gasteiger partial charge in [-0.15, -0.1) is 0 Å². The van der Waals surface area contributed by atoms with Crippen LogP contribution in [-0.2, 0) is 11.2 Å². The van der Waals surface area contributed by atoms with Crippen molar-refractivity contribution in [1.82, 2.24) is 19.6 Å². The second-order valence-electron chi connectivity index (χ2n) is 7.74. The summed E-state index contributed by atoms with van der Waals surface area (Å²) < 4.78 is 1.56. The van der Waals surface area contributed by atoms with E-state index in [0.29, 0.717) is 34.7 Å². The molecular formula is C24H23N7O3. The van der Waals surface area contributed by atoms with Gasteiger partial charge in [-0.1, -0.05) is 6.07 Å². The normalized spacial score (nSPS) is 10.8. The topological polar surface area (TPSA) is 144 Å². The molecule has 0 radical (unpaired) electrons. The van der Waals surface area contributed by atoms with E-state index in [9.17, 15) is 14.4 Å². The molecule has 0 aliphatic rings. The number of primary amides is 1. The zero-order valence-corrected chi connectivity index (χ0v) is 18.7. The highest BCUT2D eigenvalue weighted by molar-refractivity contribution is 6.05. The first-order valence-electron chi connectivity index (χ1n) is 10.6. The van der Waals surface area contributed by atoms with Gasteiger partial charge in [-0.25, -0.2) is 9.50 Å². The van der Waals surface area contributed by atoms with E-state index >= 15 is 0 Å². The van der Waals surface area contributed by atoms with Crippen LogP contribution >= 0.6 is 0 Å². The summed E-state index contributed by atoms with van der Waals surface area (Å²) in [5.41, 5.74) is 9.97. The Morgan fingerprint density at radius 3 is 2.53 bits per heavy atom. The van der Waals surface area contributed by atoms with E-state index < -0.39 is 5.91 Å². The quantitative estimate of drug-likeness (QED) is 0.389. The average Bonchev–Trinajstić information content (AvgIpc) is 3.24. The van der Waals surface area contributed by atoms with E-state index in [1.165, 1.54) is 6.20 Å². The van der Waals surface area contributed by atoms with Gasteiger partial charge in [0.15, 0.2) is 5.65 Å². The summed E-state index contributed by atoms with van der Waals surface area (Å²) in [5, 5.41) is 9.82. The van der Waals surface area contributed by atoms with Gasteiger partial charge in [0.25, 0.3) is 11.8 Å². The van der Waals surface area contributed by atoms with E-state index in [-0.39, 0.29) is 23.8 Å². The summed E-state index contributed by atoms with van der Waals surface area (Å²) in [7, 11) is 0. The van der Waals surface area contributed by atoms with Crippen LogP contribution in [0, 0.1) is 13.8 Å². The number of nitrogens with two attached hydrogens (primary N) is 1. The Hall–Kier alpha value is -4.60. The molecule has 4 rings (SSSR count). The first-order valence-corrected chi connectivity index (χ1v) is 10.6. The lowest BCUT2D eigenvalue weighted by molar-refractivity contribution is -0.116. The minimum absolute atomic E-state index is 0.201. The Bertz CT molecular complexity index is 1400. The molecule has 0 bridgehead atoms. The molecule has 4 N–H and O–H groups in total. The van der Waals surface area contributed by atoms with Crippen molar-refractivity contribution in [3.63, 3.8) is 0 Å². The third-order valence-electron chi connectivity index (χ3n) is 5.42. The molecule has 0 aliphatic carbocycles. The highest BCUT2D eigenvalue weighted by Gasteiger charge is 2.17. The van der Waals surface area contributed by atoms with Gasteiger partial charge in [0, 0.05) is 47.1 Å². The maximum atomic E-state index is 12.6. The molecule has 4 aromatic rings. The Labute approximate surface area is 195 Å². The molecular weight excluding hydrogens is 434 g/mol. The summed E-state index contributed by atoms with van der Waals surface area (Å²) in [4.78, 5) is 45.1. The van der Waals surface area contributed by atoms with E-state index in [0.717, 1.165) is 11.3 Å². The number of rotatable bonds is 7. The predicted molar refractivity (Wildman–Crippen MR) is 127 cm³/mol. The fraction of sp³-hybridized carbons (Fsp3) is 0.167. The van der Waals surface area contributed by atoms with Crippen LogP contribution in [0.25, 0.3) is 5.65 Å². The van der Waals surface area contributed by atoms with Crippen molar-refractivity contribution in [2.45, 2.75) is 26.7 Å². The molecule has 0 fully saturated rings. The number of carbonyl (C=O) groups is 3. The number of pyridine rings is 1. The third kappa shape index (κ3) is 4.75. The molecule has 3 amide bonds. The van der Waals surface area contributed by atoms with Crippen LogP contribution in [0.3, 0.4) is 0 Å². The molecule has 0 saturated heterocycles. The van der Waals surface area contributed by atoms with Gasteiger partial charge in [0.2, 0.25) is 5.91 Å². The van der Waals surface area contributed by atoms with Crippen molar-refractivity contribution in [3.8, 4) is 0 Å². The van der Waals surface area contributed by atoms with Crippen LogP contribution in [0.5, 0.6) is 0 Å². The zero-order chi connectivity index (χ0) is 24.2. The molecule has 1 aromatic carbocycles. The van der Waals surface area contributed by atoms with Crippen LogP contribution in [0.1, 0.15) is 44.1 Å². The lowest BCUT2D eigenvalue weighted by Crippen LogP contribution is -2.16. The molecule has 0 saturated carbocycles. The largest absolute Gasteiger partial charge is 0.365 e. The van der Waals surface area contributed by atoms with Crippen LogP contribution in [0.2, 0.25) is 0 Å². The third-order valence-corrected chi connectivity index (χ3v) is 5.42. The molecule has 10 heteroatoms. The average molecular weight is 457 g/mol. The SMILES string of the molecule is Cc1nc2c(C(N)=O)cnn2c(C)c1CCC(=O)Nc1cccc(C(=O)Nc2ccncc2)c1. The Morgan fingerprint density at radius 2 is 1.79 bits per heavy atom. The van der Waals surface area contributed by atoms with Gasteiger partial charge in [0.05, 0.1) is 6.20 Å². The lowest BCUT2D eigenvalue weighted by atomic mass is 10.1. The van der Waals surface area contributed by atoms with E-state index in [2.05, 4.69) is 25.7 Å². The summed E-state index contributed by atoms with van der Waals surface area (Å²) in [6.45, 7) is 3.68. The van der Waals surface area contributed by atoms with E-state index in [1.54, 1.807) is 53.3 Å². The molecule has 10 nitrogen and oxygen atoms in total. The lowest BCUT2D eigenvalue weighted by Gasteiger charge is -2.12. The molecule has 3 heterocycles. The number of hydrogen-bond acceptors (Lipinski definition) is 6. The van der Waals surface area contributed by atoms with Crippen molar-refractivity contribution in [2.24, 2.45) is 5.73 Å². The van der Waals surface area contributed by atoms with Crippen molar-refractivity contribution >= 4 is 34.7 Å². The van der Waals surface area contributed by atoms with Crippen molar-refractivity contribution in [1.29, 1.82) is 0 Å². The number of hydrogen-bond donors (Lipinski definition) is 3. The minimum Gasteiger partial charge on any atom is -0.365 e. The number of amides is 3. The molecule has 172 valence electrons. The van der Waals surface area contributed by atoms with Crippen LogP contribution in [0.15, 0.2) is 55.0 Å². The smallest absolute Gasteiger partial charge is 0.255 e. The van der Waals surface area contributed by atoms with Crippen LogP contribution in [0.4, 0.5) is 11.4 Å². The fourth-order valence-electron chi connectivity index (χ4n) is 3.69. The highest BCUT2D eigenvalue weighted by atomic mass is 16.2. The Balaban J connectivity index is 1.43. The number of nitrogens with one attached hydrogen (secondary N) is 2. The van der Waals surface area contributed by atoms with Crippen LogP contribution in [-0.4, -0.2) is 37.3 Å². The second-order valence-corrected chi connectivity index (χ2v) is 7.74. The number of anilines is 2. The number of benzene rings is 1. The Kier molecular flexibility index (Phi) is 6.30. The molecule has 34 heavy (non-hydrogen) atoms. The van der Waals surface area contributed by atoms with Gasteiger partial charge < -0.3 is 16.4 Å². The Morgan fingerprint density at radius 1 is 1.03 bits per heavy atom. The first-order chi connectivity index (χ1) is 16.3. The number of aromatic nitrogens is 4. The van der Waals surface area contributed by atoms with Crippen molar-refractivity contribution < 1.29 is 14.4 Å². The number of fused-ring (bicyclic) bond motifs is 1. The maximum absolute atomic E-state index is 12.6. The fourth-order valence-corrected chi connectivity index (χ4v) is 3.69. The monoisotopic (exact) mass is 457 g/mol. The summed E-state index contributed by atoms with van der Waals surface area (Å²) in [6, 6.07) is 10.1. The second kappa shape index (κ2) is 9.49. The summed E-state index contributed by atoms with van der Waals surface area (Å²) in [6.07, 6.45) is 5.20. The van der Waals surface area contributed by atoms with E-state index in [1.807, 2.05) is 13.8 Å². The zero-order valence-electron chi connectivity index (χ0n) is 18.7.